The van der Waals surface area contributed by atoms with Gasteiger partial charge in [-0.05, 0) is 43.3 Å². The molecule has 2 aromatic carbocycles. The van der Waals surface area contributed by atoms with Gasteiger partial charge in [0.15, 0.2) is 0 Å². The monoisotopic (exact) mass is 453 g/mol. The zero-order valence-electron chi connectivity index (χ0n) is 17.6. The first-order valence-electron chi connectivity index (χ1n) is 9.78. The molecule has 0 fully saturated rings. The Bertz CT molecular complexity index is 1370. The lowest BCUT2D eigenvalue weighted by Crippen LogP contribution is -2.12. The number of sulfonamides is 1. The highest BCUT2D eigenvalue weighted by atomic mass is 32.2. The number of nitrogens with two attached hydrogens (primary N) is 1. The lowest BCUT2D eigenvalue weighted by molar-refractivity contribution is 0.185. The van der Waals surface area contributed by atoms with Crippen LogP contribution in [0.2, 0.25) is 0 Å². The first kappa shape index (κ1) is 21.7. The van der Waals surface area contributed by atoms with Crippen LogP contribution in [0.15, 0.2) is 59.8 Å². The first-order valence-corrected chi connectivity index (χ1v) is 11.3. The van der Waals surface area contributed by atoms with E-state index in [2.05, 4.69) is 25.7 Å². The van der Waals surface area contributed by atoms with Crippen LogP contribution in [0.25, 0.3) is 10.9 Å². The predicted molar refractivity (Wildman–Crippen MR) is 123 cm³/mol. The SMILES string of the molecule is COCCn1ncc2cc(Nc3nc(Nc4cccc(S(N)(=O)=O)c4)ncc3C)ccc21. The van der Waals surface area contributed by atoms with Crippen molar-refractivity contribution < 1.29 is 13.2 Å². The van der Waals surface area contributed by atoms with Crippen molar-refractivity contribution in [1.29, 1.82) is 0 Å². The second-order valence-corrected chi connectivity index (χ2v) is 8.74. The van der Waals surface area contributed by atoms with Crippen molar-refractivity contribution >= 4 is 44.1 Å². The fourth-order valence-corrected chi connectivity index (χ4v) is 3.73. The van der Waals surface area contributed by atoms with Crippen LogP contribution in [0, 0.1) is 6.92 Å². The van der Waals surface area contributed by atoms with Crippen molar-refractivity contribution in [3.8, 4) is 0 Å². The van der Waals surface area contributed by atoms with Gasteiger partial charge >= 0.3 is 0 Å². The van der Waals surface area contributed by atoms with Crippen molar-refractivity contribution in [3.05, 3.63) is 60.4 Å². The summed E-state index contributed by atoms with van der Waals surface area (Å²) in [5.74, 6) is 0.939. The molecule has 0 aliphatic rings. The topological polar surface area (TPSA) is 137 Å². The fourth-order valence-electron chi connectivity index (χ4n) is 3.17. The molecular weight excluding hydrogens is 430 g/mol. The molecular formula is C21H23N7O3S. The van der Waals surface area contributed by atoms with Gasteiger partial charge in [0, 0.05) is 35.6 Å². The molecule has 0 amide bonds. The maximum absolute atomic E-state index is 11.6. The first-order chi connectivity index (χ1) is 15.3. The Morgan fingerprint density at radius 1 is 1.09 bits per heavy atom. The van der Waals surface area contributed by atoms with E-state index in [4.69, 9.17) is 9.88 Å². The van der Waals surface area contributed by atoms with Crippen LogP contribution in [-0.2, 0) is 21.3 Å². The van der Waals surface area contributed by atoms with Crippen molar-refractivity contribution in [1.82, 2.24) is 19.7 Å². The van der Waals surface area contributed by atoms with Crippen LogP contribution in [-0.4, -0.2) is 41.9 Å². The lowest BCUT2D eigenvalue weighted by atomic mass is 10.2. The van der Waals surface area contributed by atoms with E-state index in [-0.39, 0.29) is 4.90 Å². The summed E-state index contributed by atoms with van der Waals surface area (Å²) in [4.78, 5) is 8.82. The number of aromatic nitrogens is 4. The minimum Gasteiger partial charge on any atom is -0.383 e. The molecule has 0 unspecified atom stereocenters. The highest BCUT2D eigenvalue weighted by molar-refractivity contribution is 7.89. The molecule has 0 aliphatic heterocycles. The van der Waals surface area contributed by atoms with Gasteiger partial charge in [0.25, 0.3) is 0 Å². The van der Waals surface area contributed by atoms with Crippen LogP contribution in [0.4, 0.5) is 23.1 Å². The van der Waals surface area contributed by atoms with Crippen LogP contribution >= 0.6 is 0 Å². The van der Waals surface area contributed by atoms with Crippen LogP contribution in [0.5, 0.6) is 0 Å². The Hall–Kier alpha value is -3.54. The largest absolute Gasteiger partial charge is 0.383 e. The number of nitrogens with one attached hydrogen (secondary N) is 2. The number of methoxy groups -OCH3 is 1. The molecule has 10 nitrogen and oxygen atoms in total. The van der Waals surface area contributed by atoms with Crippen molar-refractivity contribution in [3.63, 3.8) is 0 Å². The van der Waals surface area contributed by atoms with E-state index in [1.807, 2.05) is 36.0 Å². The van der Waals surface area contributed by atoms with Crippen molar-refractivity contribution in [2.75, 3.05) is 24.4 Å². The number of ether oxygens (including phenoxy) is 1. The number of fused-ring (bicyclic) bond motifs is 1. The van der Waals surface area contributed by atoms with Gasteiger partial charge in [-0.3, -0.25) is 4.68 Å². The molecule has 0 aliphatic carbocycles. The molecule has 2 heterocycles. The molecule has 2 aromatic heterocycles. The summed E-state index contributed by atoms with van der Waals surface area (Å²) < 4.78 is 30.2. The second kappa shape index (κ2) is 8.91. The maximum atomic E-state index is 11.6. The normalized spacial score (nSPS) is 11.6. The highest BCUT2D eigenvalue weighted by Crippen LogP contribution is 2.25. The molecule has 0 saturated carbocycles. The van der Waals surface area contributed by atoms with Crippen LogP contribution in [0.1, 0.15) is 5.56 Å². The third-order valence-corrected chi connectivity index (χ3v) is 5.71. The summed E-state index contributed by atoms with van der Waals surface area (Å²) in [5.41, 5.74) is 3.23. The number of aryl methyl sites for hydroxylation is 1. The number of rotatable bonds is 8. The van der Waals surface area contributed by atoms with Crippen LogP contribution in [0.3, 0.4) is 0 Å². The Morgan fingerprint density at radius 2 is 1.91 bits per heavy atom. The Labute approximate surface area is 185 Å². The smallest absolute Gasteiger partial charge is 0.238 e. The van der Waals surface area contributed by atoms with Gasteiger partial charge in [-0.2, -0.15) is 10.1 Å². The molecule has 4 rings (SSSR count). The average Bonchev–Trinajstić information content (AvgIpc) is 3.16. The number of benzene rings is 2. The van der Waals surface area contributed by atoms with E-state index in [1.165, 1.54) is 12.1 Å². The number of hydrogen-bond donors (Lipinski definition) is 3. The minimum absolute atomic E-state index is 0.00677. The van der Waals surface area contributed by atoms with E-state index in [0.29, 0.717) is 30.6 Å². The molecule has 0 bridgehead atoms. The maximum Gasteiger partial charge on any atom is 0.238 e. The molecule has 4 aromatic rings. The van der Waals surface area contributed by atoms with Gasteiger partial charge in [-0.1, -0.05) is 6.07 Å². The fraction of sp³-hybridized carbons (Fsp3) is 0.190. The quantitative estimate of drug-likeness (QED) is 0.370. The van der Waals surface area contributed by atoms with Gasteiger partial charge in [-0.25, -0.2) is 18.5 Å². The summed E-state index contributed by atoms with van der Waals surface area (Å²) in [5, 5.41) is 16.9. The van der Waals surface area contributed by atoms with E-state index in [9.17, 15) is 8.42 Å². The molecule has 0 spiro atoms. The summed E-state index contributed by atoms with van der Waals surface area (Å²) in [7, 11) is -2.14. The number of primary sulfonamides is 1. The molecule has 11 heteroatoms. The average molecular weight is 454 g/mol. The van der Waals surface area contributed by atoms with E-state index < -0.39 is 10.0 Å². The van der Waals surface area contributed by atoms with Crippen molar-refractivity contribution in [2.45, 2.75) is 18.4 Å². The summed E-state index contributed by atoms with van der Waals surface area (Å²) in [6, 6.07) is 12.1. The third kappa shape index (κ3) is 4.85. The van der Waals surface area contributed by atoms with E-state index in [1.54, 1.807) is 25.4 Å². The van der Waals surface area contributed by atoms with Gasteiger partial charge < -0.3 is 15.4 Å². The molecule has 4 N–H and O–H groups in total. The Morgan fingerprint density at radius 3 is 2.69 bits per heavy atom. The molecule has 166 valence electrons. The zero-order chi connectivity index (χ0) is 22.7. The minimum atomic E-state index is -3.80. The summed E-state index contributed by atoms with van der Waals surface area (Å²) in [6.45, 7) is 3.17. The zero-order valence-corrected chi connectivity index (χ0v) is 18.4. The van der Waals surface area contributed by atoms with Gasteiger partial charge in [0.1, 0.15) is 5.82 Å². The number of hydrogen-bond acceptors (Lipinski definition) is 8. The van der Waals surface area contributed by atoms with Crippen LogP contribution < -0.4 is 15.8 Å². The van der Waals surface area contributed by atoms with Gasteiger partial charge in [0.2, 0.25) is 16.0 Å². The molecule has 0 radical (unpaired) electrons. The Kier molecular flexibility index (Phi) is 6.04. The summed E-state index contributed by atoms with van der Waals surface area (Å²) in [6.07, 6.45) is 3.50. The lowest BCUT2D eigenvalue weighted by Gasteiger charge is -2.12. The van der Waals surface area contributed by atoms with Gasteiger partial charge in [-0.15, -0.1) is 0 Å². The highest BCUT2D eigenvalue weighted by Gasteiger charge is 2.10. The van der Waals surface area contributed by atoms with Gasteiger partial charge in [0.05, 0.1) is 29.8 Å². The number of nitrogens with zero attached hydrogens (tertiary/aromatic N) is 4. The van der Waals surface area contributed by atoms with Crippen molar-refractivity contribution in [2.24, 2.45) is 5.14 Å². The molecule has 0 atom stereocenters. The van der Waals surface area contributed by atoms with E-state index >= 15 is 0 Å². The molecule has 0 saturated heterocycles. The standard InChI is InChI=1S/C21H23N7O3S/c1-14-12-23-21(26-16-4-3-5-18(11-16)32(22,29)30)27-20(14)25-17-6-7-19-15(10-17)13-24-28(19)8-9-31-2/h3-7,10-13H,8-9H2,1-2H3,(H2,22,29,30)(H2,23,25,26,27). The second-order valence-electron chi connectivity index (χ2n) is 7.18. The molecule has 32 heavy (non-hydrogen) atoms. The Balaban J connectivity index is 1.56. The predicted octanol–water partition coefficient (Wildman–Crippen LogP) is 2.92. The third-order valence-electron chi connectivity index (χ3n) is 4.80. The van der Waals surface area contributed by atoms with E-state index in [0.717, 1.165) is 22.2 Å². The summed E-state index contributed by atoms with van der Waals surface area (Å²) >= 11 is 0. The number of anilines is 4.